The third-order valence-electron chi connectivity index (χ3n) is 4.52. The van der Waals surface area contributed by atoms with Gasteiger partial charge in [-0.1, -0.05) is 25.7 Å². The number of Topliss-reactive ketones (excluding diaryl/α,β-unsaturated/α-hetero) is 1. The predicted molar refractivity (Wildman–Crippen MR) is 116 cm³/mol. The first-order valence-corrected chi connectivity index (χ1v) is 10.6. The summed E-state index contributed by atoms with van der Waals surface area (Å²) in [6.07, 6.45) is 6.49. The average Bonchev–Trinajstić information content (AvgIpc) is 2.70. The average molecular weight is 416 g/mol. The van der Waals surface area contributed by atoms with Gasteiger partial charge in [0.15, 0.2) is 5.96 Å². The van der Waals surface area contributed by atoms with E-state index in [0.717, 1.165) is 64.5 Å². The van der Waals surface area contributed by atoms with E-state index in [0.29, 0.717) is 26.1 Å². The van der Waals surface area contributed by atoms with Crippen molar-refractivity contribution >= 4 is 17.6 Å². The number of rotatable bonds is 19. The minimum absolute atomic E-state index is 0.103. The zero-order chi connectivity index (χ0) is 21.9. The van der Waals surface area contributed by atoms with E-state index in [1.165, 1.54) is 0 Å². The first kappa shape index (κ1) is 27.2. The monoisotopic (exact) mass is 415 g/mol. The molecule has 10 nitrogen and oxygen atoms in total. The number of hydrogen-bond donors (Lipinski definition) is 7. The Kier molecular flexibility index (Phi) is 17.2. The number of carbonyl (C=O) groups excluding carboxylic acids is 2. The van der Waals surface area contributed by atoms with Gasteiger partial charge in [-0.15, -0.1) is 0 Å². The molecule has 0 aromatic carbocycles. The maximum absolute atomic E-state index is 12.0. The minimum atomic E-state index is -1.19. The summed E-state index contributed by atoms with van der Waals surface area (Å²) < 4.78 is 0. The van der Waals surface area contributed by atoms with Gasteiger partial charge in [0.05, 0.1) is 12.1 Å². The number of aliphatic hydroxyl groups is 1. The summed E-state index contributed by atoms with van der Waals surface area (Å²) in [4.78, 5) is 27.8. The third kappa shape index (κ3) is 15.8. The van der Waals surface area contributed by atoms with Gasteiger partial charge in [0.1, 0.15) is 0 Å². The zero-order valence-electron chi connectivity index (χ0n) is 17.6. The fraction of sp³-hybridized carbons (Fsp3) is 0.842. The number of hydrogen-bond acceptors (Lipinski definition) is 7. The van der Waals surface area contributed by atoms with Gasteiger partial charge in [0.25, 0.3) is 5.91 Å². The molecule has 0 aliphatic rings. The van der Waals surface area contributed by atoms with E-state index in [1.54, 1.807) is 0 Å². The molecule has 11 N–H and O–H groups in total. The van der Waals surface area contributed by atoms with E-state index in [4.69, 9.17) is 22.9 Å². The van der Waals surface area contributed by atoms with E-state index in [1.807, 2.05) is 0 Å². The Hall–Kier alpha value is -1.75. The van der Waals surface area contributed by atoms with Gasteiger partial charge in [-0.2, -0.15) is 0 Å². The van der Waals surface area contributed by atoms with Crippen LogP contribution < -0.4 is 33.6 Å². The van der Waals surface area contributed by atoms with Crippen molar-refractivity contribution in [2.45, 2.75) is 69.9 Å². The molecule has 1 amide bonds. The van der Waals surface area contributed by atoms with Crippen LogP contribution in [0.3, 0.4) is 0 Å². The maximum Gasteiger partial charge on any atom is 0.289 e. The van der Waals surface area contributed by atoms with Gasteiger partial charge < -0.3 is 38.7 Å². The van der Waals surface area contributed by atoms with Crippen LogP contribution in [-0.2, 0) is 9.59 Å². The molecule has 170 valence electrons. The quantitative estimate of drug-likeness (QED) is 0.0584. The number of guanidine groups is 1. The van der Waals surface area contributed by atoms with Crippen molar-refractivity contribution < 1.29 is 14.7 Å². The second kappa shape index (κ2) is 18.3. The maximum atomic E-state index is 12.0. The molecule has 0 saturated heterocycles. The van der Waals surface area contributed by atoms with Crippen molar-refractivity contribution in [2.75, 3.05) is 32.7 Å². The number of amides is 1. The summed E-state index contributed by atoms with van der Waals surface area (Å²) in [6, 6.07) is -1.19. The number of nitrogens with two attached hydrogens (primary N) is 4. The highest BCUT2D eigenvalue weighted by Gasteiger charge is 2.27. The summed E-state index contributed by atoms with van der Waals surface area (Å²) in [6.45, 7) is 3.41. The van der Waals surface area contributed by atoms with Crippen LogP contribution in [0, 0.1) is 0 Å². The lowest BCUT2D eigenvalue weighted by molar-refractivity contribution is -0.140. The Morgan fingerprint density at radius 2 is 1.52 bits per heavy atom. The number of ketones is 1. The topological polar surface area (TPSA) is 195 Å². The minimum Gasteiger partial charge on any atom is -0.391 e. The normalized spacial score (nSPS) is 12.9. The van der Waals surface area contributed by atoms with Crippen LogP contribution in [0.25, 0.3) is 0 Å². The van der Waals surface area contributed by atoms with Gasteiger partial charge in [-0.05, 0) is 51.7 Å². The summed E-state index contributed by atoms with van der Waals surface area (Å²) in [5.74, 6) is -1.39. The van der Waals surface area contributed by atoms with Crippen LogP contribution >= 0.6 is 0 Å². The molecule has 0 rings (SSSR count). The second-order valence-corrected chi connectivity index (χ2v) is 7.18. The summed E-state index contributed by atoms with van der Waals surface area (Å²) in [5.41, 5.74) is 21.7. The highest BCUT2D eigenvalue weighted by molar-refractivity contribution is 6.38. The highest BCUT2D eigenvalue weighted by Crippen LogP contribution is 2.09. The molecule has 10 heteroatoms. The second-order valence-electron chi connectivity index (χ2n) is 7.18. The van der Waals surface area contributed by atoms with E-state index < -0.39 is 23.8 Å². The number of unbranched alkanes of at least 4 members (excludes halogenated alkanes) is 5. The van der Waals surface area contributed by atoms with Crippen molar-refractivity contribution in [3.63, 3.8) is 0 Å². The molecule has 0 aromatic rings. The first-order valence-electron chi connectivity index (χ1n) is 10.6. The van der Waals surface area contributed by atoms with Crippen molar-refractivity contribution in [1.29, 1.82) is 0 Å². The number of carbonyl (C=O) groups is 2. The van der Waals surface area contributed by atoms with Crippen molar-refractivity contribution in [1.82, 2.24) is 10.6 Å². The molecule has 0 fully saturated rings. The van der Waals surface area contributed by atoms with Crippen LogP contribution in [0.2, 0.25) is 0 Å². The van der Waals surface area contributed by atoms with Crippen molar-refractivity contribution in [2.24, 2.45) is 27.9 Å². The Balaban J connectivity index is 3.77. The summed E-state index contributed by atoms with van der Waals surface area (Å²) in [7, 11) is 0. The molecule has 2 unspecified atom stereocenters. The molecule has 0 aliphatic carbocycles. The third-order valence-corrected chi connectivity index (χ3v) is 4.52. The molecule has 0 saturated carbocycles. The molecule has 2 atom stereocenters. The first-order chi connectivity index (χ1) is 13.9. The molecule has 0 bridgehead atoms. The van der Waals surface area contributed by atoms with Crippen LogP contribution in [-0.4, -0.2) is 67.6 Å². The van der Waals surface area contributed by atoms with Gasteiger partial charge in [-0.3, -0.25) is 14.6 Å². The smallest absolute Gasteiger partial charge is 0.289 e. The molecule has 29 heavy (non-hydrogen) atoms. The largest absolute Gasteiger partial charge is 0.391 e. The zero-order valence-corrected chi connectivity index (χ0v) is 17.6. The highest BCUT2D eigenvalue weighted by atomic mass is 16.3. The van der Waals surface area contributed by atoms with Gasteiger partial charge in [0.2, 0.25) is 5.78 Å². The van der Waals surface area contributed by atoms with Gasteiger partial charge in [0, 0.05) is 13.1 Å². The molecule has 0 radical (unpaired) electrons. The lowest BCUT2D eigenvalue weighted by atomic mass is 10.00. The fourth-order valence-electron chi connectivity index (χ4n) is 2.73. The summed E-state index contributed by atoms with van der Waals surface area (Å²) >= 11 is 0. The molecular formula is C19H41N7O3. The van der Waals surface area contributed by atoms with Crippen LogP contribution in [0.5, 0.6) is 0 Å². The van der Waals surface area contributed by atoms with Crippen LogP contribution in [0.15, 0.2) is 4.99 Å². The standard InChI is InChI=1S/C19H41N7O3/c20-10-8-12-24-11-6-7-13-25-18(29)17(28)16(21)15(27)9-4-2-1-3-5-14-26-19(22)23/h15-16,24,27H,1-14,20-21H2,(H,25,29)(H4,22,23,26). The fourth-order valence-corrected chi connectivity index (χ4v) is 2.73. The summed E-state index contributed by atoms with van der Waals surface area (Å²) in [5, 5.41) is 15.9. The molecule has 0 aromatic heterocycles. The van der Waals surface area contributed by atoms with Crippen molar-refractivity contribution in [3.05, 3.63) is 0 Å². The van der Waals surface area contributed by atoms with E-state index in [-0.39, 0.29) is 5.96 Å². The van der Waals surface area contributed by atoms with Crippen LogP contribution in [0.1, 0.15) is 57.8 Å². The van der Waals surface area contributed by atoms with Crippen molar-refractivity contribution in [3.8, 4) is 0 Å². The van der Waals surface area contributed by atoms with E-state index >= 15 is 0 Å². The number of aliphatic hydroxyl groups excluding tert-OH is 1. The number of nitrogens with one attached hydrogen (secondary N) is 2. The van der Waals surface area contributed by atoms with E-state index in [9.17, 15) is 14.7 Å². The van der Waals surface area contributed by atoms with E-state index in [2.05, 4.69) is 15.6 Å². The molecule has 0 heterocycles. The Bertz CT molecular complexity index is 471. The van der Waals surface area contributed by atoms with Gasteiger partial charge >= 0.3 is 0 Å². The Morgan fingerprint density at radius 3 is 2.21 bits per heavy atom. The Morgan fingerprint density at radius 1 is 0.897 bits per heavy atom. The lowest BCUT2D eigenvalue weighted by Gasteiger charge is -2.17. The van der Waals surface area contributed by atoms with Gasteiger partial charge in [-0.25, -0.2) is 0 Å². The number of nitrogens with zero attached hydrogens (tertiary/aromatic N) is 1. The Labute approximate surface area is 174 Å². The molecule has 0 aliphatic heterocycles. The molecular weight excluding hydrogens is 374 g/mol. The lowest BCUT2D eigenvalue weighted by Crippen LogP contribution is -2.49. The predicted octanol–water partition coefficient (Wildman–Crippen LogP) is -1.31. The molecule has 0 spiro atoms. The number of aliphatic imine (C=N–C) groups is 1. The SMILES string of the molecule is NCCCNCCCCNC(=O)C(=O)C(N)C(O)CCCCCCCN=C(N)N. The van der Waals surface area contributed by atoms with Crippen LogP contribution in [0.4, 0.5) is 0 Å².